The summed E-state index contributed by atoms with van der Waals surface area (Å²) in [5.41, 5.74) is 1.95. The molecule has 2 aromatic carbocycles. The molecule has 5 nitrogen and oxygen atoms in total. The van der Waals surface area contributed by atoms with E-state index in [0.29, 0.717) is 27.5 Å². The maximum absolute atomic E-state index is 13.2. The van der Waals surface area contributed by atoms with Crippen molar-refractivity contribution in [2.24, 2.45) is 0 Å². The molecule has 1 heterocycles. The molecular weight excluding hydrogens is 374 g/mol. The fourth-order valence-electron chi connectivity index (χ4n) is 3.06. The minimum Gasteiger partial charge on any atom is -0.497 e. The van der Waals surface area contributed by atoms with Gasteiger partial charge in [-0.25, -0.2) is 0 Å². The Morgan fingerprint density at radius 2 is 1.61 bits per heavy atom. The van der Waals surface area contributed by atoms with E-state index >= 15 is 0 Å². The number of hydrogen-bond donors (Lipinski definition) is 0. The van der Waals surface area contributed by atoms with Crippen LogP contribution in [0.4, 0.5) is 0 Å². The van der Waals surface area contributed by atoms with E-state index in [1.807, 2.05) is 50.2 Å². The molecule has 0 fully saturated rings. The highest BCUT2D eigenvalue weighted by Crippen LogP contribution is 2.39. The predicted molar refractivity (Wildman–Crippen MR) is 111 cm³/mol. The van der Waals surface area contributed by atoms with Gasteiger partial charge >= 0.3 is 0 Å². The molecule has 28 heavy (non-hydrogen) atoms. The van der Waals surface area contributed by atoms with E-state index < -0.39 is 0 Å². The Kier molecular flexibility index (Phi) is 6.09. The summed E-state index contributed by atoms with van der Waals surface area (Å²) in [5.74, 6) is 0.800. The smallest absolute Gasteiger partial charge is 0.268 e. The molecule has 0 unspecified atom stereocenters. The molecule has 2 aromatic rings. The maximum Gasteiger partial charge on any atom is 0.268 e. The SMILES string of the molecule is COc1ccc(C2=C(SC(C)C)C(=O)N(Cc3ccccc3OC)C2=O)cc1. The molecule has 0 N–H and O–H groups in total. The second-order valence-corrected chi connectivity index (χ2v) is 8.19. The number of ether oxygens (including phenoxy) is 2. The first-order valence-corrected chi connectivity index (χ1v) is 9.87. The van der Waals surface area contributed by atoms with Crippen molar-refractivity contribution < 1.29 is 19.1 Å². The number of carbonyl (C=O) groups is 2. The number of hydrogen-bond acceptors (Lipinski definition) is 5. The van der Waals surface area contributed by atoms with Crippen molar-refractivity contribution in [1.82, 2.24) is 4.90 Å². The van der Waals surface area contributed by atoms with Crippen molar-refractivity contribution in [1.29, 1.82) is 0 Å². The Balaban J connectivity index is 1.99. The molecule has 0 radical (unpaired) electrons. The van der Waals surface area contributed by atoms with Crippen LogP contribution in [0.25, 0.3) is 5.57 Å². The van der Waals surface area contributed by atoms with Crippen molar-refractivity contribution in [3.63, 3.8) is 0 Å². The number of para-hydroxylation sites is 1. The number of benzene rings is 2. The van der Waals surface area contributed by atoms with Crippen LogP contribution in [-0.4, -0.2) is 36.2 Å². The topological polar surface area (TPSA) is 55.8 Å². The van der Waals surface area contributed by atoms with Gasteiger partial charge in [0.05, 0.1) is 31.2 Å². The molecule has 0 aromatic heterocycles. The molecule has 146 valence electrons. The Labute approximate surface area is 169 Å². The molecule has 1 aliphatic rings. The van der Waals surface area contributed by atoms with Crippen molar-refractivity contribution >= 4 is 29.1 Å². The fraction of sp³-hybridized carbons (Fsp3) is 0.273. The molecule has 0 saturated heterocycles. The highest BCUT2D eigenvalue weighted by Gasteiger charge is 2.39. The number of methoxy groups -OCH3 is 2. The molecule has 0 bridgehead atoms. The molecule has 0 spiro atoms. The third-order valence-electron chi connectivity index (χ3n) is 4.38. The average molecular weight is 397 g/mol. The zero-order chi connectivity index (χ0) is 20.3. The van der Waals surface area contributed by atoms with Crippen molar-refractivity contribution in [3.05, 3.63) is 64.6 Å². The molecule has 0 saturated carbocycles. The number of amides is 2. The zero-order valence-electron chi connectivity index (χ0n) is 16.4. The Morgan fingerprint density at radius 1 is 0.929 bits per heavy atom. The van der Waals surface area contributed by atoms with Crippen molar-refractivity contribution in [2.75, 3.05) is 14.2 Å². The summed E-state index contributed by atoms with van der Waals surface area (Å²) in [7, 11) is 3.17. The van der Waals surface area contributed by atoms with Crippen molar-refractivity contribution in [2.45, 2.75) is 25.6 Å². The molecule has 0 aliphatic carbocycles. The lowest BCUT2D eigenvalue weighted by molar-refractivity contribution is -0.137. The van der Waals surface area contributed by atoms with Crippen molar-refractivity contribution in [3.8, 4) is 11.5 Å². The number of thioether (sulfide) groups is 1. The standard InChI is InChI=1S/C22H23NO4S/c1-14(2)28-20-19(15-9-11-17(26-3)12-10-15)21(24)23(22(20)25)13-16-7-5-6-8-18(16)27-4/h5-12,14H,13H2,1-4H3. The lowest BCUT2D eigenvalue weighted by atomic mass is 10.1. The van der Waals surface area contributed by atoms with Crippen LogP contribution in [0.3, 0.4) is 0 Å². The van der Waals surface area contributed by atoms with E-state index in [4.69, 9.17) is 9.47 Å². The second kappa shape index (κ2) is 8.52. The van der Waals surface area contributed by atoms with E-state index in [9.17, 15) is 9.59 Å². The summed E-state index contributed by atoms with van der Waals surface area (Å²) in [6, 6.07) is 14.6. The Morgan fingerprint density at radius 3 is 2.21 bits per heavy atom. The lowest BCUT2D eigenvalue weighted by Gasteiger charge is -2.17. The molecule has 3 rings (SSSR count). The lowest BCUT2D eigenvalue weighted by Crippen LogP contribution is -2.31. The molecule has 2 amide bonds. The first kappa shape index (κ1) is 20.0. The first-order chi connectivity index (χ1) is 13.5. The molecular formula is C22H23NO4S. The van der Waals surface area contributed by atoms with Gasteiger partial charge in [0, 0.05) is 10.8 Å². The maximum atomic E-state index is 13.2. The van der Waals surface area contributed by atoms with Crippen LogP contribution in [0, 0.1) is 0 Å². The van der Waals surface area contributed by atoms with E-state index in [1.165, 1.54) is 16.7 Å². The van der Waals surface area contributed by atoms with E-state index in [1.54, 1.807) is 26.4 Å². The summed E-state index contributed by atoms with van der Waals surface area (Å²) >= 11 is 1.42. The second-order valence-electron chi connectivity index (χ2n) is 6.61. The van der Waals surface area contributed by atoms with Gasteiger partial charge in [-0.15, -0.1) is 11.8 Å². The summed E-state index contributed by atoms with van der Waals surface area (Å²) in [6.45, 7) is 4.18. The molecule has 1 aliphatic heterocycles. The highest BCUT2D eigenvalue weighted by molar-refractivity contribution is 8.04. The van der Waals surface area contributed by atoms with E-state index in [0.717, 1.165) is 5.56 Å². The number of imide groups is 1. The summed E-state index contributed by atoms with van der Waals surface area (Å²) in [4.78, 5) is 28.1. The van der Waals surface area contributed by atoms with Gasteiger partial charge in [0.2, 0.25) is 0 Å². The van der Waals surface area contributed by atoms with Gasteiger partial charge in [-0.1, -0.05) is 44.2 Å². The van der Waals surface area contributed by atoms with Gasteiger partial charge in [-0.05, 0) is 23.8 Å². The third-order valence-corrected chi connectivity index (χ3v) is 5.46. The van der Waals surface area contributed by atoms with Crippen LogP contribution >= 0.6 is 11.8 Å². The van der Waals surface area contributed by atoms with Crippen LogP contribution in [0.2, 0.25) is 0 Å². The minimum absolute atomic E-state index is 0.170. The van der Waals surface area contributed by atoms with Crippen LogP contribution in [0.5, 0.6) is 11.5 Å². The largest absolute Gasteiger partial charge is 0.497 e. The Hall–Kier alpha value is -2.73. The van der Waals surface area contributed by atoms with Crippen LogP contribution in [0.1, 0.15) is 25.0 Å². The van der Waals surface area contributed by atoms with Crippen LogP contribution < -0.4 is 9.47 Å². The van der Waals surface area contributed by atoms with Gasteiger partial charge in [-0.3, -0.25) is 14.5 Å². The molecule has 0 atom stereocenters. The monoisotopic (exact) mass is 397 g/mol. The average Bonchev–Trinajstić information content (AvgIpc) is 2.92. The molecule has 6 heteroatoms. The number of nitrogens with zero attached hydrogens (tertiary/aromatic N) is 1. The summed E-state index contributed by atoms with van der Waals surface area (Å²) in [6.07, 6.45) is 0. The van der Waals surface area contributed by atoms with Crippen LogP contribution in [0.15, 0.2) is 53.4 Å². The minimum atomic E-state index is -0.288. The number of carbonyl (C=O) groups excluding carboxylic acids is 2. The normalized spacial score (nSPS) is 14.2. The quantitative estimate of drug-likeness (QED) is 0.658. The fourth-order valence-corrected chi connectivity index (χ4v) is 4.06. The predicted octanol–water partition coefficient (Wildman–Crippen LogP) is 4.13. The van der Waals surface area contributed by atoms with Gasteiger partial charge in [-0.2, -0.15) is 0 Å². The Bertz CT molecular complexity index is 918. The third kappa shape index (κ3) is 3.92. The zero-order valence-corrected chi connectivity index (χ0v) is 17.2. The summed E-state index contributed by atoms with van der Waals surface area (Å²) < 4.78 is 10.6. The number of rotatable bonds is 7. The van der Waals surface area contributed by atoms with E-state index in [2.05, 4.69) is 0 Å². The van der Waals surface area contributed by atoms with E-state index in [-0.39, 0.29) is 23.6 Å². The van der Waals surface area contributed by atoms with Gasteiger partial charge in [0.25, 0.3) is 11.8 Å². The van der Waals surface area contributed by atoms with Gasteiger partial charge < -0.3 is 9.47 Å². The summed E-state index contributed by atoms with van der Waals surface area (Å²) in [5, 5.41) is 0.172. The highest BCUT2D eigenvalue weighted by atomic mass is 32.2. The van der Waals surface area contributed by atoms with Crippen LogP contribution in [-0.2, 0) is 16.1 Å². The van der Waals surface area contributed by atoms with Gasteiger partial charge in [0.15, 0.2) is 0 Å². The first-order valence-electron chi connectivity index (χ1n) is 8.99. The van der Waals surface area contributed by atoms with Gasteiger partial charge in [0.1, 0.15) is 11.5 Å².